The Morgan fingerprint density at radius 2 is 1.75 bits per heavy atom. The Hall–Kier alpha value is -0.850. The second kappa shape index (κ2) is 8.32. The summed E-state index contributed by atoms with van der Waals surface area (Å²) in [6, 6.07) is 6.29. The number of aryl methyl sites for hydroxylation is 1. The van der Waals surface area contributed by atoms with Crippen LogP contribution in [0.1, 0.15) is 52.4 Å². The largest absolute Gasteiger partial charge is 0.258 e. The van der Waals surface area contributed by atoms with Crippen molar-refractivity contribution in [2.24, 2.45) is 11.8 Å². The lowest BCUT2D eigenvalue weighted by atomic mass is 10.2. The second-order valence-electron chi connectivity index (χ2n) is 3.95. The average molecular weight is 221 g/mol. The van der Waals surface area contributed by atoms with E-state index in [2.05, 4.69) is 37.0 Å². The van der Waals surface area contributed by atoms with E-state index in [4.69, 9.17) is 0 Å². The highest BCUT2D eigenvalue weighted by atomic mass is 14.7. The number of hydrogen-bond acceptors (Lipinski definition) is 1. The van der Waals surface area contributed by atoms with E-state index in [0.29, 0.717) is 0 Å². The highest BCUT2D eigenvalue weighted by Gasteiger charge is 2.32. The van der Waals surface area contributed by atoms with Gasteiger partial charge in [0.2, 0.25) is 0 Å². The van der Waals surface area contributed by atoms with Crippen LogP contribution in [0.15, 0.2) is 18.2 Å². The Balaban J connectivity index is 0.000000509. The van der Waals surface area contributed by atoms with Crippen molar-refractivity contribution >= 4 is 0 Å². The van der Waals surface area contributed by atoms with Crippen LogP contribution >= 0.6 is 0 Å². The summed E-state index contributed by atoms with van der Waals surface area (Å²) >= 11 is 0. The molecule has 1 saturated carbocycles. The molecule has 1 aromatic heterocycles. The fourth-order valence-corrected chi connectivity index (χ4v) is 1.67. The molecule has 0 saturated heterocycles. The van der Waals surface area contributed by atoms with Gasteiger partial charge in [0.15, 0.2) is 0 Å². The van der Waals surface area contributed by atoms with Gasteiger partial charge in [-0.05, 0) is 43.7 Å². The summed E-state index contributed by atoms with van der Waals surface area (Å²) in [5.74, 6) is 1.85. The molecule has 1 heteroatoms. The summed E-state index contributed by atoms with van der Waals surface area (Å²) in [5.41, 5.74) is 2.41. The van der Waals surface area contributed by atoms with Crippen molar-refractivity contribution in [3.63, 3.8) is 0 Å². The van der Waals surface area contributed by atoms with E-state index in [0.717, 1.165) is 17.5 Å². The third kappa shape index (κ3) is 5.29. The second-order valence-corrected chi connectivity index (χ2v) is 3.95. The van der Waals surface area contributed by atoms with Crippen LogP contribution < -0.4 is 0 Å². The highest BCUT2D eigenvalue weighted by Crippen LogP contribution is 2.39. The van der Waals surface area contributed by atoms with Crippen molar-refractivity contribution in [2.45, 2.75) is 54.4 Å². The minimum atomic E-state index is 0.916. The van der Waals surface area contributed by atoms with E-state index in [1.165, 1.54) is 18.5 Å². The van der Waals surface area contributed by atoms with Gasteiger partial charge in [0, 0.05) is 11.4 Å². The monoisotopic (exact) mass is 221 g/mol. The number of pyridine rings is 1. The number of hydrogen-bond donors (Lipinski definition) is 0. The third-order valence-electron chi connectivity index (χ3n) is 2.69. The molecule has 1 heterocycles. The first-order chi connectivity index (χ1) is 7.75. The molecular formula is C15H27N. The fraction of sp³-hybridized carbons (Fsp3) is 0.667. The molecule has 0 aromatic carbocycles. The number of aromatic nitrogens is 1. The molecule has 1 aromatic rings. The van der Waals surface area contributed by atoms with Gasteiger partial charge in [-0.1, -0.05) is 40.7 Å². The SMILES string of the molecule is CC.CC.Cc1cccc(CC2CC2C)n1. The first-order valence-electron chi connectivity index (χ1n) is 6.68. The van der Waals surface area contributed by atoms with Crippen molar-refractivity contribution in [2.75, 3.05) is 0 Å². The van der Waals surface area contributed by atoms with E-state index in [-0.39, 0.29) is 0 Å². The lowest BCUT2D eigenvalue weighted by molar-refractivity contribution is 0.728. The molecule has 92 valence electrons. The molecule has 0 spiro atoms. The number of nitrogens with zero attached hydrogens (tertiary/aromatic N) is 1. The Bertz CT molecular complexity index is 281. The van der Waals surface area contributed by atoms with Gasteiger partial charge in [0.1, 0.15) is 0 Å². The van der Waals surface area contributed by atoms with Crippen LogP contribution in [0, 0.1) is 18.8 Å². The molecule has 2 atom stereocenters. The zero-order valence-corrected chi connectivity index (χ0v) is 11.7. The quantitative estimate of drug-likeness (QED) is 0.709. The summed E-state index contributed by atoms with van der Waals surface area (Å²) in [7, 11) is 0. The molecule has 1 fully saturated rings. The van der Waals surface area contributed by atoms with Crippen LogP contribution in [0.3, 0.4) is 0 Å². The van der Waals surface area contributed by atoms with E-state index in [1.54, 1.807) is 0 Å². The molecule has 2 unspecified atom stereocenters. The van der Waals surface area contributed by atoms with Crippen LogP contribution in [-0.4, -0.2) is 4.98 Å². The molecule has 16 heavy (non-hydrogen) atoms. The molecular weight excluding hydrogens is 194 g/mol. The van der Waals surface area contributed by atoms with Gasteiger partial charge in [-0.25, -0.2) is 0 Å². The molecule has 2 rings (SSSR count). The van der Waals surface area contributed by atoms with Crippen LogP contribution in [-0.2, 0) is 6.42 Å². The standard InChI is InChI=1S/C11H15N.2C2H6/c1-8-6-10(8)7-11-5-3-4-9(2)12-11;2*1-2/h3-5,8,10H,6-7H2,1-2H3;2*1-2H3. The summed E-state index contributed by atoms with van der Waals surface area (Å²) in [4.78, 5) is 4.49. The van der Waals surface area contributed by atoms with Crippen molar-refractivity contribution in [1.29, 1.82) is 0 Å². The van der Waals surface area contributed by atoms with Crippen molar-refractivity contribution in [1.82, 2.24) is 4.98 Å². The topological polar surface area (TPSA) is 12.9 Å². The van der Waals surface area contributed by atoms with E-state index < -0.39 is 0 Å². The Labute approximate surface area is 101 Å². The van der Waals surface area contributed by atoms with Gasteiger partial charge in [0.05, 0.1) is 0 Å². The average Bonchev–Trinajstić information content (AvgIpc) is 3.00. The van der Waals surface area contributed by atoms with Gasteiger partial charge < -0.3 is 0 Å². The first kappa shape index (κ1) is 15.2. The minimum absolute atomic E-state index is 0.916. The predicted molar refractivity (Wildman–Crippen MR) is 72.6 cm³/mol. The summed E-state index contributed by atoms with van der Waals surface area (Å²) in [5, 5.41) is 0. The van der Waals surface area contributed by atoms with E-state index >= 15 is 0 Å². The lowest BCUT2D eigenvalue weighted by Gasteiger charge is -1.99. The first-order valence-corrected chi connectivity index (χ1v) is 6.68. The van der Waals surface area contributed by atoms with Crippen LogP contribution in [0.25, 0.3) is 0 Å². The van der Waals surface area contributed by atoms with Gasteiger partial charge in [-0.2, -0.15) is 0 Å². The minimum Gasteiger partial charge on any atom is -0.258 e. The maximum absolute atomic E-state index is 4.49. The normalized spacial score (nSPS) is 21.1. The molecule has 0 amide bonds. The van der Waals surface area contributed by atoms with Crippen molar-refractivity contribution < 1.29 is 0 Å². The summed E-state index contributed by atoms with van der Waals surface area (Å²) in [6.45, 7) is 12.4. The van der Waals surface area contributed by atoms with Crippen LogP contribution in [0.5, 0.6) is 0 Å². The van der Waals surface area contributed by atoms with Crippen LogP contribution in [0.2, 0.25) is 0 Å². The van der Waals surface area contributed by atoms with Gasteiger partial charge in [-0.3, -0.25) is 4.98 Å². The summed E-state index contributed by atoms with van der Waals surface area (Å²) in [6.07, 6.45) is 2.58. The predicted octanol–water partition coefficient (Wildman–Crippen LogP) is 4.64. The summed E-state index contributed by atoms with van der Waals surface area (Å²) < 4.78 is 0. The molecule has 0 bridgehead atoms. The molecule has 1 nitrogen and oxygen atoms in total. The maximum Gasteiger partial charge on any atom is 0.0409 e. The van der Waals surface area contributed by atoms with Crippen molar-refractivity contribution in [3.05, 3.63) is 29.6 Å². The molecule has 0 aliphatic heterocycles. The molecule has 1 aliphatic rings. The Kier molecular flexibility index (Phi) is 7.88. The fourth-order valence-electron chi connectivity index (χ4n) is 1.67. The Morgan fingerprint density at radius 3 is 2.19 bits per heavy atom. The Morgan fingerprint density at radius 1 is 1.19 bits per heavy atom. The van der Waals surface area contributed by atoms with E-state index in [9.17, 15) is 0 Å². The van der Waals surface area contributed by atoms with Gasteiger partial charge in [0.25, 0.3) is 0 Å². The maximum atomic E-state index is 4.49. The van der Waals surface area contributed by atoms with Crippen molar-refractivity contribution in [3.8, 4) is 0 Å². The van der Waals surface area contributed by atoms with Gasteiger partial charge >= 0.3 is 0 Å². The zero-order chi connectivity index (χ0) is 12.6. The van der Waals surface area contributed by atoms with Gasteiger partial charge in [-0.15, -0.1) is 0 Å². The van der Waals surface area contributed by atoms with E-state index in [1.807, 2.05) is 27.7 Å². The molecule has 1 aliphatic carbocycles. The zero-order valence-electron chi connectivity index (χ0n) is 11.7. The van der Waals surface area contributed by atoms with Crippen LogP contribution in [0.4, 0.5) is 0 Å². The molecule has 0 radical (unpaired) electrons. The smallest absolute Gasteiger partial charge is 0.0409 e. The third-order valence-corrected chi connectivity index (χ3v) is 2.69. The highest BCUT2D eigenvalue weighted by molar-refractivity contribution is 5.11. The number of rotatable bonds is 2. The molecule has 0 N–H and O–H groups in total. The lowest BCUT2D eigenvalue weighted by Crippen LogP contribution is -1.93.